The number of carbonyl (C=O) groups is 2. The van der Waals surface area contributed by atoms with Crippen molar-refractivity contribution in [3.8, 4) is 6.07 Å². The Bertz CT molecular complexity index is 619. The summed E-state index contributed by atoms with van der Waals surface area (Å²) in [5.41, 5.74) is 0.423. The highest BCUT2D eigenvalue weighted by atomic mass is 32.1. The van der Waals surface area contributed by atoms with Crippen molar-refractivity contribution in [2.45, 2.75) is 32.1 Å². The molecule has 0 aliphatic heterocycles. The average Bonchev–Trinajstić information content (AvgIpc) is 3.21. The van der Waals surface area contributed by atoms with Crippen LogP contribution in [0.15, 0.2) is 11.4 Å². The van der Waals surface area contributed by atoms with Crippen molar-refractivity contribution >= 4 is 28.2 Å². The van der Waals surface area contributed by atoms with Gasteiger partial charge in [0.2, 0.25) is 0 Å². The molecule has 1 N–H and O–H groups in total. The predicted molar refractivity (Wildman–Crippen MR) is 82.2 cm³/mol. The SMILES string of the molecule is N#Cc1ccsc1NC(=O)COC(=O)C[C@H]1C[C@H]2CC[C@H]1C2. The number of anilines is 1. The molecule has 3 rings (SSSR count). The van der Waals surface area contributed by atoms with Crippen LogP contribution in [0.3, 0.4) is 0 Å². The van der Waals surface area contributed by atoms with Gasteiger partial charge in [-0.1, -0.05) is 6.42 Å². The minimum absolute atomic E-state index is 0.289. The van der Waals surface area contributed by atoms with Gasteiger partial charge in [-0.3, -0.25) is 9.59 Å². The van der Waals surface area contributed by atoms with Gasteiger partial charge in [-0.05, 0) is 48.5 Å². The highest BCUT2D eigenvalue weighted by Gasteiger charge is 2.40. The zero-order valence-electron chi connectivity index (χ0n) is 12.2. The van der Waals surface area contributed by atoms with Gasteiger partial charge in [0.25, 0.3) is 5.91 Å². The number of esters is 1. The Balaban J connectivity index is 1.41. The lowest BCUT2D eigenvalue weighted by Gasteiger charge is -2.20. The summed E-state index contributed by atoms with van der Waals surface area (Å²) in [5.74, 6) is 1.22. The summed E-state index contributed by atoms with van der Waals surface area (Å²) in [6.45, 7) is -0.289. The van der Waals surface area contributed by atoms with Crippen molar-refractivity contribution in [3.63, 3.8) is 0 Å². The Kier molecular flexibility index (Phi) is 4.44. The zero-order chi connectivity index (χ0) is 15.5. The second kappa shape index (κ2) is 6.49. The Labute approximate surface area is 133 Å². The monoisotopic (exact) mass is 318 g/mol. The Morgan fingerprint density at radius 1 is 1.41 bits per heavy atom. The van der Waals surface area contributed by atoms with Crippen molar-refractivity contribution in [1.29, 1.82) is 5.26 Å². The van der Waals surface area contributed by atoms with E-state index in [1.165, 1.54) is 30.6 Å². The van der Waals surface area contributed by atoms with Crippen LogP contribution < -0.4 is 5.32 Å². The predicted octanol–water partition coefficient (Wildman–Crippen LogP) is 2.93. The molecule has 0 unspecified atom stereocenters. The molecule has 0 saturated heterocycles. The summed E-state index contributed by atoms with van der Waals surface area (Å²) in [6.07, 6.45) is 5.36. The van der Waals surface area contributed by atoms with Gasteiger partial charge >= 0.3 is 5.97 Å². The lowest BCUT2D eigenvalue weighted by atomic mass is 9.86. The van der Waals surface area contributed by atoms with Crippen LogP contribution in [0.4, 0.5) is 5.00 Å². The van der Waals surface area contributed by atoms with E-state index in [1.54, 1.807) is 11.4 Å². The van der Waals surface area contributed by atoms with Crippen LogP contribution in [0, 0.1) is 29.1 Å². The molecule has 0 radical (unpaired) electrons. The maximum Gasteiger partial charge on any atom is 0.306 e. The average molecular weight is 318 g/mol. The van der Waals surface area contributed by atoms with Crippen molar-refractivity contribution in [3.05, 3.63) is 17.0 Å². The van der Waals surface area contributed by atoms with Crippen LogP contribution in [0.1, 0.15) is 37.7 Å². The van der Waals surface area contributed by atoms with Gasteiger partial charge in [-0.25, -0.2) is 0 Å². The van der Waals surface area contributed by atoms with E-state index in [-0.39, 0.29) is 12.6 Å². The number of ether oxygens (including phenoxy) is 1. The molecule has 2 aliphatic rings. The lowest BCUT2D eigenvalue weighted by Crippen LogP contribution is -2.23. The Morgan fingerprint density at radius 2 is 2.27 bits per heavy atom. The Hall–Kier alpha value is -1.87. The summed E-state index contributed by atoms with van der Waals surface area (Å²) in [6, 6.07) is 3.64. The second-order valence-corrected chi connectivity index (χ2v) is 7.04. The van der Waals surface area contributed by atoms with Gasteiger partial charge < -0.3 is 10.1 Å². The Morgan fingerprint density at radius 3 is 2.95 bits per heavy atom. The van der Waals surface area contributed by atoms with E-state index in [0.717, 1.165) is 12.3 Å². The third-order valence-corrected chi connectivity index (χ3v) is 5.55. The molecule has 5 nitrogen and oxygen atoms in total. The molecule has 1 amide bonds. The summed E-state index contributed by atoms with van der Waals surface area (Å²) in [7, 11) is 0. The number of rotatable bonds is 5. The number of carbonyl (C=O) groups excluding carboxylic acids is 2. The number of hydrogen-bond acceptors (Lipinski definition) is 5. The quantitative estimate of drug-likeness (QED) is 0.847. The number of thiophene rings is 1. The number of nitriles is 1. The van der Waals surface area contributed by atoms with Crippen LogP contribution in [-0.4, -0.2) is 18.5 Å². The molecular formula is C16H18N2O3S. The van der Waals surface area contributed by atoms with Crippen LogP contribution >= 0.6 is 11.3 Å². The maximum atomic E-state index is 11.9. The number of fused-ring (bicyclic) bond motifs is 2. The number of nitrogens with one attached hydrogen (secondary N) is 1. The largest absolute Gasteiger partial charge is 0.456 e. The molecule has 0 aromatic carbocycles. The fraction of sp³-hybridized carbons (Fsp3) is 0.562. The first-order valence-electron chi connectivity index (χ1n) is 7.58. The molecular weight excluding hydrogens is 300 g/mol. The van der Waals surface area contributed by atoms with Crippen molar-refractivity contribution in [1.82, 2.24) is 0 Å². The molecule has 2 fully saturated rings. The second-order valence-electron chi connectivity index (χ2n) is 6.12. The number of amides is 1. The van der Waals surface area contributed by atoms with E-state index < -0.39 is 5.91 Å². The topological polar surface area (TPSA) is 79.2 Å². The fourth-order valence-electron chi connectivity index (χ4n) is 3.70. The smallest absolute Gasteiger partial charge is 0.306 e. The standard InChI is InChI=1S/C16H18N2O3S/c17-8-12-3-4-22-16(12)18-14(19)9-21-15(20)7-13-6-10-1-2-11(13)5-10/h3-4,10-11,13H,1-2,5-7,9H2,(H,18,19)/t10-,11-,13+/m0/s1. The van der Waals surface area contributed by atoms with Gasteiger partial charge in [0.05, 0.1) is 5.56 Å². The van der Waals surface area contributed by atoms with Crippen molar-refractivity contribution in [2.75, 3.05) is 11.9 Å². The van der Waals surface area contributed by atoms with Crippen LogP contribution in [-0.2, 0) is 14.3 Å². The maximum absolute atomic E-state index is 11.9. The summed E-state index contributed by atoms with van der Waals surface area (Å²) in [4.78, 5) is 23.6. The van der Waals surface area contributed by atoms with E-state index in [2.05, 4.69) is 5.32 Å². The molecule has 0 spiro atoms. The van der Waals surface area contributed by atoms with Gasteiger partial charge in [-0.15, -0.1) is 11.3 Å². The van der Waals surface area contributed by atoms with Crippen LogP contribution in [0.2, 0.25) is 0 Å². The minimum Gasteiger partial charge on any atom is -0.456 e. The molecule has 22 heavy (non-hydrogen) atoms. The molecule has 6 heteroatoms. The highest BCUT2D eigenvalue weighted by molar-refractivity contribution is 7.14. The molecule has 116 valence electrons. The van der Waals surface area contributed by atoms with E-state index in [9.17, 15) is 9.59 Å². The molecule has 1 aromatic heterocycles. The van der Waals surface area contributed by atoms with Crippen molar-refractivity contribution < 1.29 is 14.3 Å². The first-order valence-corrected chi connectivity index (χ1v) is 8.46. The fourth-order valence-corrected chi connectivity index (χ4v) is 4.46. The summed E-state index contributed by atoms with van der Waals surface area (Å²) < 4.78 is 5.07. The third-order valence-electron chi connectivity index (χ3n) is 4.72. The summed E-state index contributed by atoms with van der Waals surface area (Å²) in [5, 5.41) is 13.7. The van der Waals surface area contributed by atoms with Gasteiger partial charge in [0, 0.05) is 6.42 Å². The first-order chi connectivity index (χ1) is 10.7. The zero-order valence-corrected chi connectivity index (χ0v) is 13.0. The van der Waals surface area contributed by atoms with Crippen LogP contribution in [0.5, 0.6) is 0 Å². The normalized spacial score (nSPS) is 25.7. The van der Waals surface area contributed by atoms with Gasteiger partial charge in [0.15, 0.2) is 6.61 Å². The molecule has 1 heterocycles. The number of hydrogen-bond donors (Lipinski definition) is 1. The number of nitrogens with zero attached hydrogens (tertiary/aromatic N) is 1. The van der Waals surface area contributed by atoms with Gasteiger partial charge in [-0.2, -0.15) is 5.26 Å². The van der Waals surface area contributed by atoms with E-state index in [0.29, 0.717) is 28.8 Å². The van der Waals surface area contributed by atoms with E-state index in [1.807, 2.05) is 6.07 Å². The summed E-state index contributed by atoms with van der Waals surface area (Å²) >= 11 is 1.28. The molecule has 3 atom stereocenters. The third kappa shape index (κ3) is 3.30. The molecule has 1 aromatic rings. The minimum atomic E-state index is -0.403. The van der Waals surface area contributed by atoms with E-state index >= 15 is 0 Å². The van der Waals surface area contributed by atoms with E-state index in [4.69, 9.17) is 10.00 Å². The van der Waals surface area contributed by atoms with Crippen LogP contribution in [0.25, 0.3) is 0 Å². The first kappa shape index (κ1) is 15.0. The molecule has 2 saturated carbocycles. The molecule has 2 aliphatic carbocycles. The highest BCUT2D eigenvalue weighted by Crippen LogP contribution is 2.49. The molecule has 2 bridgehead atoms. The lowest BCUT2D eigenvalue weighted by molar-refractivity contribution is -0.148. The van der Waals surface area contributed by atoms with Crippen molar-refractivity contribution in [2.24, 2.45) is 17.8 Å². The van der Waals surface area contributed by atoms with Gasteiger partial charge in [0.1, 0.15) is 11.1 Å².